The van der Waals surface area contributed by atoms with Crippen LogP contribution < -0.4 is 27.4 Å². The molecule has 0 radical (unpaired) electrons. The molecule has 1 rings (SSSR count). The third kappa shape index (κ3) is 10.1. The van der Waals surface area contributed by atoms with E-state index in [1.165, 1.54) is 6.92 Å². The van der Waals surface area contributed by atoms with Crippen LogP contribution in [0.5, 0.6) is 0 Å². The number of rotatable bonds is 14. The molecule has 0 saturated heterocycles. The zero-order chi connectivity index (χ0) is 26.7. The van der Waals surface area contributed by atoms with Gasteiger partial charge in [-0.1, -0.05) is 44.2 Å². The van der Waals surface area contributed by atoms with Crippen molar-refractivity contribution in [2.45, 2.75) is 70.3 Å². The zero-order valence-corrected chi connectivity index (χ0v) is 20.1. The third-order valence-corrected chi connectivity index (χ3v) is 5.28. The van der Waals surface area contributed by atoms with E-state index in [0.717, 1.165) is 0 Å². The molecule has 194 valence electrons. The Hall–Kier alpha value is -3.51. The predicted molar refractivity (Wildman–Crippen MR) is 126 cm³/mol. The van der Waals surface area contributed by atoms with Crippen LogP contribution in [0.15, 0.2) is 30.3 Å². The first-order valence-electron chi connectivity index (χ1n) is 11.2. The van der Waals surface area contributed by atoms with Crippen LogP contribution in [0.1, 0.15) is 39.2 Å². The van der Waals surface area contributed by atoms with Gasteiger partial charge in [-0.25, -0.2) is 4.79 Å². The molecule has 5 unspecified atom stereocenters. The Bertz CT molecular complexity index is 892. The van der Waals surface area contributed by atoms with Gasteiger partial charge in [0.2, 0.25) is 23.6 Å². The molecule has 35 heavy (non-hydrogen) atoms. The largest absolute Gasteiger partial charge is 0.480 e. The molecule has 12 nitrogen and oxygen atoms in total. The summed E-state index contributed by atoms with van der Waals surface area (Å²) in [6, 6.07) is 3.74. The van der Waals surface area contributed by atoms with E-state index in [2.05, 4.69) is 16.0 Å². The van der Waals surface area contributed by atoms with Crippen molar-refractivity contribution >= 4 is 29.6 Å². The molecular formula is C23H35N5O7. The monoisotopic (exact) mass is 493 g/mol. The van der Waals surface area contributed by atoms with Crippen molar-refractivity contribution < 1.29 is 34.2 Å². The van der Waals surface area contributed by atoms with E-state index in [4.69, 9.17) is 11.5 Å². The first-order valence-corrected chi connectivity index (χ1v) is 11.2. The first kappa shape index (κ1) is 29.5. The highest BCUT2D eigenvalue weighted by Gasteiger charge is 2.32. The van der Waals surface area contributed by atoms with Gasteiger partial charge < -0.3 is 37.6 Å². The lowest BCUT2D eigenvalue weighted by molar-refractivity contribution is -0.143. The summed E-state index contributed by atoms with van der Waals surface area (Å²) in [4.78, 5) is 61.2. The Labute approximate surface area is 203 Å². The van der Waals surface area contributed by atoms with Gasteiger partial charge in [-0.3, -0.25) is 19.2 Å². The Morgan fingerprint density at radius 2 is 1.43 bits per heavy atom. The Morgan fingerprint density at radius 1 is 0.886 bits per heavy atom. The molecule has 0 fully saturated rings. The lowest BCUT2D eigenvalue weighted by atomic mass is 10.0. The van der Waals surface area contributed by atoms with Gasteiger partial charge in [-0.2, -0.15) is 0 Å². The maximum atomic E-state index is 13.1. The highest BCUT2D eigenvalue weighted by atomic mass is 16.4. The second kappa shape index (κ2) is 14.0. The number of nitrogens with two attached hydrogens (primary N) is 2. The van der Waals surface area contributed by atoms with Crippen molar-refractivity contribution in [2.75, 3.05) is 0 Å². The number of aliphatic hydroxyl groups excluding tert-OH is 1. The number of carbonyl (C=O) groups excluding carboxylic acids is 4. The first-order chi connectivity index (χ1) is 16.3. The lowest BCUT2D eigenvalue weighted by Crippen LogP contribution is -2.59. The molecule has 0 saturated carbocycles. The molecule has 0 aromatic heterocycles. The number of aliphatic hydroxyl groups is 1. The van der Waals surface area contributed by atoms with E-state index >= 15 is 0 Å². The smallest absolute Gasteiger partial charge is 0.326 e. The Balaban J connectivity index is 3.15. The molecule has 0 bridgehead atoms. The fraction of sp³-hybridized carbons (Fsp3) is 0.522. The average Bonchev–Trinajstić information content (AvgIpc) is 2.78. The maximum absolute atomic E-state index is 13.1. The average molecular weight is 494 g/mol. The van der Waals surface area contributed by atoms with Gasteiger partial charge in [0.05, 0.1) is 6.10 Å². The number of amides is 4. The van der Waals surface area contributed by atoms with Gasteiger partial charge in [-0.05, 0) is 24.8 Å². The number of hydrogen-bond donors (Lipinski definition) is 7. The summed E-state index contributed by atoms with van der Waals surface area (Å²) in [7, 11) is 0. The minimum absolute atomic E-state index is 0.0342. The molecule has 0 aliphatic carbocycles. The SMILES string of the molecule is CC(C)C(NC(=O)C(Cc1ccccc1)NC(=O)C(CCC(N)=O)NC(=O)C(N)C(C)O)C(=O)O. The Kier molecular flexibility index (Phi) is 11.8. The van der Waals surface area contributed by atoms with Gasteiger partial charge in [0, 0.05) is 12.8 Å². The second-order valence-electron chi connectivity index (χ2n) is 8.65. The van der Waals surface area contributed by atoms with E-state index in [1.54, 1.807) is 44.2 Å². The third-order valence-electron chi connectivity index (χ3n) is 5.28. The van der Waals surface area contributed by atoms with E-state index in [9.17, 15) is 34.2 Å². The molecule has 0 heterocycles. The van der Waals surface area contributed by atoms with Gasteiger partial charge in [0.25, 0.3) is 0 Å². The minimum Gasteiger partial charge on any atom is -0.480 e. The highest BCUT2D eigenvalue weighted by molar-refractivity contribution is 5.94. The van der Waals surface area contributed by atoms with E-state index in [-0.39, 0.29) is 19.3 Å². The number of hydrogen-bond acceptors (Lipinski definition) is 7. The predicted octanol–water partition coefficient (Wildman–Crippen LogP) is -1.60. The summed E-state index contributed by atoms with van der Waals surface area (Å²) >= 11 is 0. The van der Waals surface area contributed by atoms with Crippen LogP contribution in [0, 0.1) is 5.92 Å². The number of carbonyl (C=O) groups is 5. The van der Waals surface area contributed by atoms with Crippen LogP contribution in [-0.4, -0.2) is 70.1 Å². The van der Waals surface area contributed by atoms with Crippen molar-refractivity contribution in [3.05, 3.63) is 35.9 Å². The summed E-state index contributed by atoms with van der Waals surface area (Å²) in [5, 5.41) is 26.3. The molecule has 0 aliphatic heterocycles. The molecule has 4 amide bonds. The fourth-order valence-corrected chi connectivity index (χ4v) is 3.14. The number of primary amides is 1. The van der Waals surface area contributed by atoms with E-state index < -0.39 is 65.8 Å². The number of aliphatic carboxylic acids is 1. The molecule has 5 atom stereocenters. The van der Waals surface area contributed by atoms with E-state index in [0.29, 0.717) is 5.56 Å². The van der Waals surface area contributed by atoms with Crippen LogP contribution in [0.25, 0.3) is 0 Å². The van der Waals surface area contributed by atoms with Gasteiger partial charge in [0.1, 0.15) is 24.2 Å². The summed E-state index contributed by atoms with van der Waals surface area (Å²) in [6.07, 6.45) is -1.59. The summed E-state index contributed by atoms with van der Waals surface area (Å²) in [6.45, 7) is 4.56. The summed E-state index contributed by atoms with van der Waals surface area (Å²) in [5.74, 6) is -4.73. The lowest BCUT2D eigenvalue weighted by Gasteiger charge is -2.26. The van der Waals surface area contributed by atoms with Crippen LogP contribution in [0.4, 0.5) is 0 Å². The van der Waals surface area contributed by atoms with Crippen molar-refractivity contribution in [2.24, 2.45) is 17.4 Å². The van der Waals surface area contributed by atoms with Gasteiger partial charge >= 0.3 is 5.97 Å². The highest BCUT2D eigenvalue weighted by Crippen LogP contribution is 2.08. The number of carboxylic acid groups (broad SMARTS) is 1. The molecule has 0 aliphatic rings. The Morgan fingerprint density at radius 3 is 1.91 bits per heavy atom. The van der Waals surface area contributed by atoms with Crippen LogP contribution in [0.3, 0.4) is 0 Å². The van der Waals surface area contributed by atoms with E-state index in [1.807, 2.05) is 0 Å². The number of nitrogens with one attached hydrogen (secondary N) is 3. The zero-order valence-electron chi connectivity index (χ0n) is 20.1. The van der Waals surface area contributed by atoms with Crippen molar-refractivity contribution in [3.63, 3.8) is 0 Å². The molecule has 1 aromatic rings. The number of carboxylic acids is 1. The van der Waals surface area contributed by atoms with Crippen molar-refractivity contribution in [1.82, 2.24) is 16.0 Å². The van der Waals surface area contributed by atoms with Crippen LogP contribution >= 0.6 is 0 Å². The standard InChI is InChI=1S/C23H35N5O7/c1-12(2)19(23(34)35)28-21(32)16(11-14-7-5-4-6-8-14)27-20(31)15(9-10-17(24)30)26-22(33)18(25)13(3)29/h4-8,12-13,15-16,18-19,29H,9-11,25H2,1-3H3,(H2,24,30)(H,26,33)(H,27,31)(H,28,32)(H,34,35). The van der Waals surface area contributed by atoms with Gasteiger partial charge in [0.15, 0.2) is 0 Å². The van der Waals surface area contributed by atoms with Crippen molar-refractivity contribution in [1.29, 1.82) is 0 Å². The molecule has 1 aromatic carbocycles. The molecule has 0 spiro atoms. The second-order valence-corrected chi connectivity index (χ2v) is 8.65. The molecule has 9 N–H and O–H groups in total. The quantitative estimate of drug-likeness (QED) is 0.160. The summed E-state index contributed by atoms with van der Waals surface area (Å²) in [5.41, 5.74) is 11.5. The number of benzene rings is 1. The normalized spacial score (nSPS) is 15.3. The van der Waals surface area contributed by atoms with Crippen LogP contribution in [-0.2, 0) is 30.4 Å². The fourth-order valence-electron chi connectivity index (χ4n) is 3.14. The topological polar surface area (TPSA) is 214 Å². The molecule has 12 heteroatoms. The van der Waals surface area contributed by atoms with Gasteiger partial charge in [-0.15, -0.1) is 0 Å². The van der Waals surface area contributed by atoms with Crippen LogP contribution in [0.2, 0.25) is 0 Å². The summed E-state index contributed by atoms with van der Waals surface area (Å²) < 4.78 is 0. The molecular weight excluding hydrogens is 458 g/mol. The minimum atomic E-state index is -1.33. The van der Waals surface area contributed by atoms with Crippen molar-refractivity contribution in [3.8, 4) is 0 Å². The maximum Gasteiger partial charge on any atom is 0.326 e.